The first-order valence-corrected chi connectivity index (χ1v) is 9.17. The van der Waals surface area contributed by atoms with Gasteiger partial charge in [-0.15, -0.1) is 10.2 Å². The fourth-order valence-electron chi connectivity index (χ4n) is 3.30. The second kappa shape index (κ2) is 6.89. The minimum absolute atomic E-state index is 0.0383. The number of nitro groups is 1. The molecule has 0 aliphatic rings. The van der Waals surface area contributed by atoms with Gasteiger partial charge in [-0.25, -0.2) is 9.67 Å². The molecule has 2 aromatic carbocycles. The summed E-state index contributed by atoms with van der Waals surface area (Å²) >= 11 is 0. The van der Waals surface area contributed by atoms with E-state index in [1.807, 2.05) is 43.5 Å². The van der Waals surface area contributed by atoms with Crippen LogP contribution in [0.5, 0.6) is 0 Å². The first kappa shape index (κ1) is 17.7. The van der Waals surface area contributed by atoms with Crippen molar-refractivity contribution in [1.82, 2.24) is 29.4 Å². The smallest absolute Gasteiger partial charge is 0.264 e. The normalized spacial score (nSPS) is 11.1. The highest BCUT2D eigenvalue weighted by molar-refractivity contribution is 5.80. The van der Waals surface area contributed by atoms with Crippen molar-refractivity contribution in [3.05, 3.63) is 89.0 Å². The number of benzene rings is 2. The number of nitro benzene ring substituents is 1. The molecule has 0 amide bonds. The molecule has 9 nitrogen and oxygen atoms in total. The van der Waals surface area contributed by atoms with Crippen molar-refractivity contribution in [2.24, 2.45) is 0 Å². The second-order valence-electron chi connectivity index (χ2n) is 6.81. The van der Waals surface area contributed by atoms with Gasteiger partial charge in [0.15, 0.2) is 0 Å². The summed E-state index contributed by atoms with van der Waals surface area (Å²) in [5.74, 6) is 0.465. The van der Waals surface area contributed by atoms with Gasteiger partial charge in [-0.2, -0.15) is 5.10 Å². The first-order chi connectivity index (χ1) is 14.6. The van der Waals surface area contributed by atoms with Gasteiger partial charge in [0.1, 0.15) is 12.0 Å². The predicted molar refractivity (Wildman–Crippen MR) is 110 cm³/mol. The molecule has 146 valence electrons. The number of aryl methyl sites for hydroxylation is 1. The molecule has 0 atom stereocenters. The Kier molecular flexibility index (Phi) is 4.06. The molecule has 0 aliphatic heterocycles. The summed E-state index contributed by atoms with van der Waals surface area (Å²) in [6.07, 6.45) is 5.16. The highest BCUT2D eigenvalue weighted by atomic mass is 16.6. The van der Waals surface area contributed by atoms with E-state index in [-0.39, 0.29) is 5.69 Å². The Balaban J connectivity index is 1.72. The van der Waals surface area contributed by atoms with Crippen LogP contribution in [0.3, 0.4) is 0 Å². The van der Waals surface area contributed by atoms with Crippen molar-refractivity contribution in [3.63, 3.8) is 0 Å². The molecular weight excluding hydrogens is 382 g/mol. The van der Waals surface area contributed by atoms with Gasteiger partial charge in [0, 0.05) is 30.1 Å². The van der Waals surface area contributed by atoms with Crippen LogP contribution in [0, 0.1) is 17.0 Å². The summed E-state index contributed by atoms with van der Waals surface area (Å²) in [5.41, 5.74) is 5.20. The fourth-order valence-corrected chi connectivity index (χ4v) is 3.30. The molecule has 3 aromatic heterocycles. The Morgan fingerprint density at radius 3 is 2.50 bits per heavy atom. The lowest BCUT2D eigenvalue weighted by atomic mass is 10.0. The molecule has 0 bridgehead atoms. The molecule has 0 saturated carbocycles. The zero-order valence-electron chi connectivity index (χ0n) is 15.9. The maximum atomic E-state index is 11.0. The molecule has 0 aliphatic carbocycles. The number of nitrogens with zero attached hydrogens (tertiary/aromatic N) is 7. The Morgan fingerprint density at radius 2 is 1.77 bits per heavy atom. The number of fused-ring (bicyclic) bond motifs is 1. The molecule has 5 rings (SSSR count). The SMILES string of the molecule is Cc1ccc(-n2cc(-c3ccc([N+](=O)[O-])cc3)c(-c3ccnc4nncn34)n2)cc1. The van der Waals surface area contributed by atoms with Gasteiger partial charge >= 0.3 is 0 Å². The van der Waals surface area contributed by atoms with E-state index in [2.05, 4.69) is 15.2 Å². The van der Waals surface area contributed by atoms with Gasteiger partial charge in [0.25, 0.3) is 11.5 Å². The summed E-state index contributed by atoms with van der Waals surface area (Å²) in [5, 5.41) is 23.8. The number of hydrogen-bond acceptors (Lipinski definition) is 6. The molecule has 0 unspecified atom stereocenters. The van der Waals surface area contributed by atoms with Crippen LogP contribution < -0.4 is 0 Å². The van der Waals surface area contributed by atoms with E-state index in [4.69, 9.17) is 5.10 Å². The molecule has 0 radical (unpaired) electrons. The topological polar surface area (TPSA) is 104 Å². The van der Waals surface area contributed by atoms with E-state index in [0.29, 0.717) is 11.5 Å². The van der Waals surface area contributed by atoms with Crippen LogP contribution in [0.25, 0.3) is 34.0 Å². The largest absolute Gasteiger partial charge is 0.269 e. The molecular formula is C21H15N7O2. The number of non-ortho nitro benzene ring substituents is 1. The molecule has 0 spiro atoms. The van der Waals surface area contributed by atoms with E-state index >= 15 is 0 Å². The minimum atomic E-state index is -0.413. The summed E-state index contributed by atoms with van der Waals surface area (Å²) < 4.78 is 3.55. The van der Waals surface area contributed by atoms with Gasteiger partial charge in [0.2, 0.25) is 0 Å². The third-order valence-corrected chi connectivity index (χ3v) is 4.86. The highest BCUT2D eigenvalue weighted by Crippen LogP contribution is 2.33. The van der Waals surface area contributed by atoms with Crippen LogP contribution in [0.4, 0.5) is 5.69 Å². The van der Waals surface area contributed by atoms with Crippen molar-refractivity contribution in [1.29, 1.82) is 0 Å². The maximum Gasteiger partial charge on any atom is 0.269 e. The first-order valence-electron chi connectivity index (χ1n) is 9.17. The zero-order chi connectivity index (χ0) is 20.7. The van der Waals surface area contributed by atoms with Crippen molar-refractivity contribution >= 4 is 11.5 Å². The van der Waals surface area contributed by atoms with E-state index in [1.54, 1.807) is 33.7 Å². The molecule has 0 fully saturated rings. The van der Waals surface area contributed by atoms with Gasteiger partial charge in [-0.05, 0) is 42.8 Å². The Bertz CT molecular complexity index is 1370. The summed E-state index contributed by atoms with van der Waals surface area (Å²) in [6.45, 7) is 2.03. The average Bonchev–Trinajstić information content (AvgIpc) is 3.41. The second-order valence-corrected chi connectivity index (χ2v) is 6.81. The van der Waals surface area contributed by atoms with Crippen LogP contribution in [-0.4, -0.2) is 34.3 Å². The van der Waals surface area contributed by atoms with Gasteiger partial charge in [-0.1, -0.05) is 17.7 Å². The molecule has 5 aromatic rings. The summed E-state index contributed by atoms with van der Waals surface area (Å²) in [4.78, 5) is 14.8. The lowest BCUT2D eigenvalue weighted by Gasteiger charge is -2.05. The van der Waals surface area contributed by atoms with Crippen LogP contribution in [0.15, 0.2) is 73.3 Å². The molecule has 0 saturated heterocycles. The Labute approximate surface area is 170 Å². The van der Waals surface area contributed by atoms with E-state index < -0.39 is 4.92 Å². The third kappa shape index (κ3) is 2.98. The quantitative estimate of drug-likeness (QED) is 0.337. The van der Waals surface area contributed by atoms with Crippen molar-refractivity contribution < 1.29 is 4.92 Å². The Hall–Kier alpha value is -4.40. The van der Waals surface area contributed by atoms with Gasteiger partial charge < -0.3 is 0 Å². The van der Waals surface area contributed by atoms with Gasteiger partial charge in [-0.3, -0.25) is 14.5 Å². The van der Waals surface area contributed by atoms with Crippen LogP contribution in [-0.2, 0) is 0 Å². The molecule has 0 N–H and O–H groups in total. The molecule has 30 heavy (non-hydrogen) atoms. The van der Waals surface area contributed by atoms with Crippen LogP contribution >= 0.6 is 0 Å². The maximum absolute atomic E-state index is 11.0. The standard InChI is InChI=1S/C21H15N7O2/c1-14-2-6-16(7-3-14)27-12-18(15-4-8-17(9-5-15)28(29)30)20(25-27)19-10-11-22-21-24-23-13-26(19)21/h2-13H,1H3. The average molecular weight is 397 g/mol. The zero-order valence-corrected chi connectivity index (χ0v) is 15.9. The molecule has 3 heterocycles. The summed E-state index contributed by atoms with van der Waals surface area (Å²) in [7, 11) is 0. The van der Waals surface area contributed by atoms with E-state index in [9.17, 15) is 10.1 Å². The van der Waals surface area contributed by atoms with Gasteiger partial charge in [0.05, 0.1) is 16.3 Å². The predicted octanol–water partition coefficient (Wildman–Crippen LogP) is 3.86. The van der Waals surface area contributed by atoms with Crippen molar-refractivity contribution in [3.8, 4) is 28.2 Å². The fraction of sp³-hybridized carbons (Fsp3) is 0.0476. The van der Waals surface area contributed by atoms with Crippen LogP contribution in [0.2, 0.25) is 0 Å². The molecule has 9 heteroatoms. The lowest BCUT2D eigenvalue weighted by Crippen LogP contribution is -1.97. The van der Waals surface area contributed by atoms with E-state index in [1.165, 1.54) is 12.1 Å². The number of aromatic nitrogens is 6. The van der Waals surface area contributed by atoms with Crippen LogP contribution in [0.1, 0.15) is 5.56 Å². The highest BCUT2D eigenvalue weighted by Gasteiger charge is 2.18. The van der Waals surface area contributed by atoms with Crippen molar-refractivity contribution in [2.45, 2.75) is 6.92 Å². The summed E-state index contributed by atoms with van der Waals surface area (Å²) in [6, 6.07) is 16.3. The van der Waals surface area contributed by atoms with Crippen molar-refractivity contribution in [2.75, 3.05) is 0 Å². The lowest BCUT2D eigenvalue weighted by molar-refractivity contribution is -0.384. The van der Waals surface area contributed by atoms with E-state index in [0.717, 1.165) is 28.1 Å². The monoisotopic (exact) mass is 397 g/mol. The minimum Gasteiger partial charge on any atom is -0.264 e. The number of rotatable bonds is 4. The third-order valence-electron chi connectivity index (χ3n) is 4.86. The number of hydrogen-bond donors (Lipinski definition) is 0. The Morgan fingerprint density at radius 1 is 1.00 bits per heavy atom.